The Morgan fingerprint density at radius 3 is 2.70 bits per heavy atom. The van der Waals surface area contributed by atoms with Gasteiger partial charge in [0.05, 0.1) is 12.1 Å². The van der Waals surface area contributed by atoms with Gasteiger partial charge in [0.2, 0.25) is 0 Å². The van der Waals surface area contributed by atoms with E-state index in [9.17, 15) is 0 Å². The van der Waals surface area contributed by atoms with Crippen LogP contribution >= 0.6 is 0 Å². The van der Waals surface area contributed by atoms with Crippen molar-refractivity contribution in [2.24, 2.45) is 5.92 Å². The van der Waals surface area contributed by atoms with Crippen LogP contribution < -0.4 is 10.6 Å². The quantitative estimate of drug-likeness (QED) is 0.836. The van der Waals surface area contributed by atoms with Gasteiger partial charge in [0, 0.05) is 25.6 Å². The monoisotopic (exact) mass is 276 g/mol. The lowest BCUT2D eigenvalue weighted by molar-refractivity contribution is 0.0898. The summed E-state index contributed by atoms with van der Waals surface area (Å²) in [6, 6.07) is 2.40. The van der Waals surface area contributed by atoms with E-state index in [1.54, 1.807) is 0 Å². The van der Waals surface area contributed by atoms with Crippen molar-refractivity contribution >= 4 is 11.6 Å². The largest absolute Gasteiger partial charge is 0.376 e. The standard InChI is InChI=1S/C15H24N4O/c1-3-12-18-13(16-4-2)9-14(19-12)17-11-7-8-20-15(11)10-5-6-10/h9-11,15H,3-8H2,1-2H3,(H2,16,17,18,19). The zero-order chi connectivity index (χ0) is 13.9. The van der Waals surface area contributed by atoms with Crippen LogP contribution in [0.25, 0.3) is 0 Å². The molecule has 2 atom stereocenters. The van der Waals surface area contributed by atoms with E-state index >= 15 is 0 Å². The molecule has 0 spiro atoms. The Kier molecular flexibility index (Phi) is 4.05. The maximum Gasteiger partial charge on any atom is 0.132 e. The molecule has 0 amide bonds. The molecule has 0 radical (unpaired) electrons. The van der Waals surface area contributed by atoms with E-state index in [4.69, 9.17) is 4.74 Å². The highest BCUT2D eigenvalue weighted by molar-refractivity contribution is 5.48. The number of hydrogen-bond acceptors (Lipinski definition) is 5. The molecular weight excluding hydrogens is 252 g/mol. The van der Waals surface area contributed by atoms with Gasteiger partial charge in [-0.3, -0.25) is 0 Å². The van der Waals surface area contributed by atoms with Crippen LogP contribution in [0.3, 0.4) is 0 Å². The molecule has 2 fully saturated rings. The van der Waals surface area contributed by atoms with Crippen molar-refractivity contribution in [3.8, 4) is 0 Å². The lowest BCUT2D eigenvalue weighted by Crippen LogP contribution is -2.31. The zero-order valence-electron chi connectivity index (χ0n) is 12.4. The minimum atomic E-state index is 0.373. The fourth-order valence-corrected chi connectivity index (χ4v) is 2.85. The fraction of sp³-hybridized carbons (Fsp3) is 0.733. The molecule has 0 aromatic carbocycles. The van der Waals surface area contributed by atoms with Gasteiger partial charge in [-0.1, -0.05) is 6.92 Å². The van der Waals surface area contributed by atoms with E-state index < -0.39 is 0 Å². The fourth-order valence-electron chi connectivity index (χ4n) is 2.85. The molecule has 1 aromatic rings. The van der Waals surface area contributed by atoms with Crippen LogP contribution in [0, 0.1) is 5.92 Å². The predicted octanol–water partition coefficient (Wildman–Crippen LogP) is 2.45. The van der Waals surface area contributed by atoms with Crippen molar-refractivity contribution in [1.82, 2.24) is 9.97 Å². The minimum absolute atomic E-state index is 0.373. The predicted molar refractivity (Wildman–Crippen MR) is 80.1 cm³/mol. The van der Waals surface area contributed by atoms with Crippen molar-refractivity contribution in [2.45, 2.75) is 51.7 Å². The van der Waals surface area contributed by atoms with E-state index in [-0.39, 0.29) is 0 Å². The van der Waals surface area contributed by atoms with Crippen LogP contribution in [0.5, 0.6) is 0 Å². The molecule has 5 nitrogen and oxygen atoms in total. The highest BCUT2D eigenvalue weighted by Gasteiger charge is 2.40. The number of aryl methyl sites for hydroxylation is 1. The average molecular weight is 276 g/mol. The van der Waals surface area contributed by atoms with E-state index in [1.807, 2.05) is 6.07 Å². The van der Waals surface area contributed by atoms with Gasteiger partial charge in [0.25, 0.3) is 0 Å². The van der Waals surface area contributed by atoms with Crippen molar-refractivity contribution < 1.29 is 4.74 Å². The maximum atomic E-state index is 5.87. The van der Waals surface area contributed by atoms with Gasteiger partial charge in [-0.2, -0.15) is 0 Å². The summed E-state index contributed by atoms with van der Waals surface area (Å²) >= 11 is 0. The van der Waals surface area contributed by atoms with Gasteiger partial charge < -0.3 is 15.4 Å². The van der Waals surface area contributed by atoms with Crippen LogP contribution in [0.1, 0.15) is 38.9 Å². The summed E-state index contributed by atoms with van der Waals surface area (Å²) in [7, 11) is 0. The number of nitrogens with one attached hydrogen (secondary N) is 2. The molecular formula is C15H24N4O. The molecule has 2 aliphatic rings. The van der Waals surface area contributed by atoms with Gasteiger partial charge >= 0.3 is 0 Å². The number of hydrogen-bond donors (Lipinski definition) is 2. The zero-order valence-corrected chi connectivity index (χ0v) is 12.4. The van der Waals surface area contributed by atoms with E-state index in [0.717, 1.165) is 49.4 Å². The molecule has 1 aliphatic heterocycles. The van der Waals surface area contributed by atoms with Gasteiger partial charge in [-0.25, -0.2) is 9.97 Å². The Bertz CT molecular complexity index is 461. The molecule has 2 heterocycles. The first-order valence-corrected chi connectivity index (χ1v) is 7.80. The molecule has 1 saturated heterocycles. The molecule has 5 heteroatoms. The lowest BCUT2D eigenvalue weighted by atomic mass is 10.1. The van der Waals surface area contributed by atoms with E-state index in [2.05, 4.69) is 34.4 Å². The van der Waals surface area contributed by atoms with Crippen LogP contribution in [0.2, 0.25) is 0 Å². The summed E-state index contributed by atoms with van der Waals surface area (Å²) in [6.07, 6.45) is 4.92. The summed E-state index contributed by atoms with van der Waals surface area (Å²) in [5, 5.41) is 6.84. The number of ether oxygens (including phenoxy) is 1. The topological polar surface area (TPSA) is 59.1 Å². The van der Waals surface area contributed by atoms with E-state index in [1.165, 1.54) is 12.8 Å². The third-order valence-corrected chi connectivity index (χ3v) is 4.00. The average Bonchev–Trinajstić information content (AvgIpc) is 3.19. The SMILES string of the molecule is CCNc1cc(NC2CCOC2C2CC2)nc(CC)n1. The Hall–Kier alpha value is -1.36. The van der Waals surface area contributed by atoms with Crippen molar-refractivity contribution in [3.05, 3.63) is 11.9 Å². The third kappa shape index (κ3) is 3.03. The number of anilines is 2. The van der Waals surface area contributed by atoms with Crippen LogP contribution in [-0.4, -0.2) is 35.3 Å². The molecule has 2 unspecified atom stereocenters. The van der Waals surface area contributed by atoms with Crippen LogP contribution in [0.4, 0.5) is 11.6 Å². The molecule has 2 N–H and O–H groups in total. The maximum absolute atomic E-state index is 5.87. The smallest absolute Gasteiger partial charge is 0.132 e. The van der Waals surface area contributed by atoms with Crippen molar-refractivity contribution in [1.29, 1.82) is 0 Å². The lowest BCUT2D eigenvalue weighted by Gasteiger charge is -2.20. The van der Waals surface area contributed by atoms with Gasteiger partial charge in [0.15, 0.2) is 0 Å². The summed E-state index contributed by atoms with van der Waals surface area (Å²) in [4.78, 5) is 9.08. The Morgan fingerprint density at radius 2 is 2.00 bits per heavy atom. The minimum Gasteiger partial charge on any atom is -0.376 e. The highest BCUT2D eigenvalue weighted by Crippen LogP contribution is 2.39. The molecule has 3 rings (SSSR count). The molecule has 20 heavy (non-hydrogen) atoms. The third-order valence-electron chi connectivity index (χ3n) is 4.00. The second-order valence-corrected chi connectivity index (χ2v) is 5.65. The number of rotatable bonds is 6. The van der Waals surface area contributed by atoms with Crippen LogP contribution in [-0.2, 0) is 11.2 Å². The Morgan fingerprint density at radius 1 is 1.20 bits per heavy atom. The van der Waals surface area contributed by atoms with Gasteiger partial charge in [0.1, 0.15) is 17.5 Å². The summed E-state index contributed by atoms with van der Waals surface area (Å²) in [5.41, 5.74) is 0. The van der Waals surface area contributed by atoms with Crippen molar-refractivity contribution in [3.63, 3.8) is 0 Å². The second-order valence-electron chi connectivity index (χ2n) is 5.65. The first-order valence-electron chi connectivity index (χ1n) is 7.80. The molecule has 110 valence electrons. The summed E-state index contributed by atoms with van der Waals surface area (Å²) < 4.78 is 5.87. The van der Waals surface area contributed by atoms with E-state index in [0.29, 0.717) is 12.1 Å². The summed E-state index contributed by atoms with van der Waals surface area (Å²) in [5.74, 6) is 3.47. The molecule has 1 aliphatic carbocycles. The van der Waals surface area contributed by atoms with Gasteiger partial charge in [-0.05, 0) is 32.1 Å². The van der Waals surface area contributed by atoms with Crippen LogP contribution in [0.15, 0.2) is 6.07 Å². The molecule has 1 aromatic heterocycles. The highest BCUT2D eigenvalue weighted by atomic mass is 16.5. The molecule has 1 saturated carbocycles. The second kappa shape index (κ2) is 5.95. The Labute approximate surface area is 120 Å². The normalized spacial score (nSPS) is 25.7. The number of nitrogens with zero attached hydrogens (tertiary/aromatic N) is 2. The van der Waals surface area contributed by atoms with Gasteiger partial charge in [-0.15, -0.1) is 0 Å². The Balaban J connectivity index is 1.73. The molecule has 0 bridgehead atoms. The first kappa shape index (κ1) is 13.6. The number of aromatic nitrogens is 2. The van der Waals surface area contributed by atoms with Crippen molar-refractivity contribution in [2.75, 3.05) is 23.8 Å². The first-order chi connectivity index (χ1) is 9.80. The summed E-state index contributed by atoms with van der Waals surface area (Å²) in [6.45, 7) is 5.90.